The minimum atomic E-state index is -1.22. The van der Waals surface area contributed by atoms with Crippen LogP contribution < -0.4 is 16.0 Å². The molecule has 0 radical (unpaired) electrons. The third-order valence-corrected chi connectivity index (χ3v) is 6.08. The van der Waals surface area contributed by atoms with E-state index in [1.165, 1.54) is 0 Å². The number of benzene rings is 3. The molecule has 0 saturated carbocycles. The van der Waals surface area contributed by atoms with Crippen molar-refractivity contribution in [1.29, 1.82) is 0 Å². The van der Waals surface area contributed by atoms with E-state index in [-0.39, 0.29) is 5.91 Å². The molecule has 1 heterocycles. The molecule has 178 valence electrons. The van der Waals surface area contributed by atoms with Crippen LogP contribution in [0.1, 0.15) is 29.3 Å². The molecule has 1 aliphatic heterocycles. The predicted molar refractivity (Wildman–Crippen MR) is 133 cm³/mol. The van der Waals surface area contributed by atoms with E-state index < -0.39 is 29.9 Å². The van der Waals surface area contributed by atoms with Crippen molar-refractivity contribution in [2.24, 2.45) is 0 Å². The molecular weight excluding hydrogens is 468 g/mol. The number of halogens is 1. The van der Waals surface area contributed by atoms with E-state index >= 15 is 0 Å². The fourth-order valence-electron chi connectivity index (χ4n) is 3.96. The molecule has 1 unspecified atom stereocenters. The van der Waals surface area contributed by atoms with E-state index in [1.54, 1.807) is 79.7 Å². The lowest BCUT2D eigenvalue weighted by Gasteiger charge is -2.25. The number of amides is 5. The van der Waals surface area contributed by atoms with Gasteiger partial charge in [-0.05, 0) is 48.4 Å². The van der Waals surface area contributed by atoms with Crippen molar-refractivity contribution in [2.45, 2.75) is 18.9 Å². The van der Waals surface area contributed by atoms with Gasteiger partial charge in [0.1, 0.15) is 12.1 Å². The van der Waals surface area contributed by atoms with Gasteiger partial charge >= 0.3 is 6.03 Å². The SMILES string of the molecule is CCC1(c2ccccc2)NC(=O)N(CC(=O)Nc2ccccc2NC(=O)c2ccc(Cl)cc2)C1=O. The predicted octanol–water partition coefficient (Wildman–Crippen LogP) is 4.39. The first-order chi connectivity index (χ1) is 16.8. The van der Waals surface area contributed by atoms with Crippen molar-refractivity contribution in [1.82, 2.24) is 10.2 Å². The van der Waals surface area contributed by atoms with E-state index in [9.17, 15) is 19.2 Å². The number of hydrogen-bond acceptors (Lipinski definition) is 4. The van der Waals surface area contributed by atoms with Crippen LogP contribution in [0.25, 0.3) is 0 Å². The molecule has 3 aromatic rings. The maximum atomic E-state index is 13.2. The zero-order chi connectivity index (χ0) is 25.0. The number of imide groups is 1. The van der Waals surface area contributed by atoms with Crippen LogP contribution in [0.4, 0.5) is 16.2 Å². The lowest BCUT2D eigenvalue weighted by atomic mass is 9.87. The molecule has 4 rings (SSSR count). The summed E-state index contributed by atoms with van der Waals surface area (Å²) in [5.74, 6) is -1.45. The number of rotatable bonds is 7. The van der Waals surface area contributed by atoms with Crippen LogP contribution in [0.2, 0.25) is 5.02 Å². The molecule has 1 fully saturated rings. The summed E-state index contributed by atoms with van der Waals surface area (Å²) in [6, 6.07) is 21.3. The second kappa shape index (κ2) is 9.99. The molecule has 1 aliphatic rings. The minimum Gasteiger partial charge on any atom is -0.323 e. The highest BCUT2D eigenvalue weighted by Gasteiger charge is 2.51. The number of para-hydroxylation sites is 2. The van der Waals surface area contributed by atoms with Crippen molar-refractivity contribution in [2.75, 3.05) is 17.2 Å². The summed E-state index contributed by atoms with van der Waals surface area (Å²) in [6.45, 7) is 1.33. The summed E-state index contributed by atoms with van der Waals surface area (Å²) in [4.78, 5) is 52.2. The van der Waals surface area contributed by atoms with Crippen LogP contribution in [0.5, 0.6) is 0 Å². The topological polar surface area (TPSA) is 108 Å². The van der Waals surface area contributed by atoms with Crippen molar-refractivity contribution < 1.29 is 19.2 Å². The number of carbonyl (C=O) groups excluding carboxylic acids is 4. The zero-order valence-corrected chi connectivity index (χ0v) is 19.6. The van der Waals surface area contributed by atoms with Gasteiger partial charge in [0.25, 0.3) is 11.8 Å². The average molecular weight is 491 g/mol. The number of carbonyl (C=O) groups is 4. The van der Waals surface area contributed by atoms with Crippen LogP contribution in [-0.2, 0) is 15.1 Å². The summed E-state index contributed by atoms with van der Waals surface area (Å²) >= 11 is 5.88. The van der Waals surface area contributed by atoms with Gasteiger partial charge in [-0.2, -0.15) is 0 Å². The highest BCUT2D eigenvalue weighted by atomic mass is 35.5. The molecule has 0 bridgehead atoms. The Morgan fingerprint density at radius 3 is 2.11 bits per heavy atom. The summed E-state index contributed by atoms with van der Waals surface area (Å²) in [5.41, 5.74) is 0.524. The highest BCUT2D eigenvalue weighted by molar-refractivity contribution is 6.30. The number of nitrogens with one attached hydrogen (secondary N) is 3. The van der Waals surface area contributed by atoms with Crippen molar-refractivity contribution in [3.8, 4) is 0 Å². The summed E-state index contributed by atoms with van der Waals surface area (Å²) in [5, 5.41) is 8.69. The van der Waals surface area contributed by atoms with Gasteiger partial charge in [-0.15, -0.1) is 0 Å². The van der Waals surface area contributed by atoms with E-state index in [4.69, 9.17) is 11.6 Å². The fourth-order valence-corrected chi connectivity index (χ4v) is 4.09. The van der Waals surface area contributed by atoms with Gasteiger partial charge in [0.15, 0.2) is 0 Å². The molecule has 0 aromatic heterocycles. The van der Waals surface area contributed by atoms with Crippen molar-refractivity contribution >= 4 is 46.7 Å². The van der Waals surface area contributed by atoms with Gasteiger partial charge in [0.2, 0.25) is 5.91 Å². The first kappa shape index (κ1) is 24.0. The van der Waals surface area contributed by atoms with Crippen LogP contribution in [0.3, 0.4) is 0 Å². The van der Waals surface area contributed by atoms with Gasteiger partial charge in [-0.1, -0.05) is 61.0 Å². The Morgan fingerprint density at radius 1 is 0.886 bits per heavy atom. The Hall–Kier alpha value is -4.17. The van der Waals surface area contributed by atoms with Crippen LogP contribution in [0.15, 0.2) is 78.9 Å². The molecule has 3 aromatic carbocycles. The molecule has 3 N–H and O–H groups in total. The van der Waals surface area contributed by atoms with E-state index in [0.29, 0.717) is 33.9 Å². The van der Waals surface area contributed by atoms with Crippen molar-refractivity contribution in [3.05, 3.63) is 95.0 Å². The number of nitrogens with zero attached hydrogens (tertiary/aromatic N) is 1. The van der Waals surface area contributed by atoms with Gasteiger partial charge in [0, 0.05) is 10.6 Å². The van der Waals surface area contributed by atoms with Gasteiger partial charge in [-0.3, -0.25) is 19.3 Å². The minimum absolute atomic E-state index is 0.330. The lowest BCUT2D eigenvalue weighted by molar-refractivity contribution is -0.134. The van der Waals surface area contributed by atoms with Crippen LogP contribution >= 0.6 is 11.6 Å². The normalized spacial score (nSPS) is 17.1. The molecular formula is C26H23ClN4O4. The highest BCUT2D eigenvalue weighted by Crippen LogP contribution is 2.32. The number of hydrogen-bond donors (Lipinski definition) is 3. The second-order valence-corrected chi connectivity index (χ2v) is 8.44. The summed E-state index contributed by atoms with van der Waals surface area (Å²) < 4.78 is 0. The maximum absolute atomic E-state index is 13.2. The Labute approximate surface area is 207 Å². The van der Waals surface area contributed by atoms with Crippen molar-refractivity contribution in [3.63, 3.8) is 0 Å². The summed E-state index contributed by atoms with van der Waals surface area (Å²) in [6.07, 6.45) is 0.333. The van der Waals surface area contributed by atoms with Gasteiger partial charge in [-0.25, -0.2) is 4.79 Å². The Kier molecular flexibility index (Phi) is 6.84. The third-order valence-electron chi connectivity index (χ3n) is 5.83. The monoisotopic (exact) mass is 490 g/mol. The Morgan fingerprint density at radius 2 is 1.49 bits per heavy atom. The van der Waals surface area contributed by atoms with Gasteiger partial charge < -0.3 is 16.0 Å². The second-order valence-electron chi connectivity index (χ2n) is 8.00. The maximum Gasteiger partial charge on any atom is 0.325 e. The van der Waals surface area contributed by atoms with Crippen LogP contribution in [0, 0.1) is 0 Å². The largest absolute Gasteiger partial charge is 0.325 e. The van der Waals surface area contributed by atoms with E-state index in [0.717, 1.165) is 4.90 Å². The molecule has 1 saturated heterocycles. The fraction of sp³-hybridized carbons (Fsp3) is 0.154. The van der Waals surface area contributed by atoms with Gasteiger partial charge in [0.05, 0.1) is 11.4 Å². The molecule has 5 amide bonds. The first-order valence-electron chi connectivity index (χ1n) is 11.0. The van der Waals surface area contributed by atoms with Crippen LogP contribution in [-0.4, -0.2) is 35.2 Å². The quantitative estimate of drug-likeness (QED) is 0.427. The first-order valence-corrected chi connectivity index (χ1v) is 11.4. The Bertz CT molecular complexity index is 1280. The lowest BCUT2D eigenvalue weighted by Crippen LogP contribution is -2.44. The number of anilines is 2. The average Bonchev–Trinajstić information content (AvgIpc) is 3.11. The molecule has 35 heavy (non-hydrogen) atoms. The third kappa shape index (κ3) is 4.88. The standard InChI is InChI=1S/C26H23ClN4O4/c1-2-26(18-8-4-3-5-9-18)24(34)31(25(35)30-26)16-22(32)28-20-10-6-7-11-21(20)29-23(33)17-12-14-19(27)15-13-17/h3-15H,2,16H2,1H3,(H,28,32)(H,29,33)(H,30,35). The molecule has 8 nitrogen and oxygen atoms in total. The molecule has 0 spiro atoms. The smallest absolute Gasteiger partial charge is 0.323 e. The number of urea groups is 1. The Balaban J connectivity index is 1.47. The van der Waals surface area contributed by atoms with E-state index in [1.807, 2.05) is 6.07 Å². The molecule has 0 aliphatic carbocycles. The summed E-state index contributed by atoms with van der Waals surface area (Å²) in [7, 11) is 0. The van der Waals surface area contributed by atoms with E-state index in [2.05, 4.69) is 16.0 Å². The molecule has 9 heteroatoms. The zero-order valence-electron chi connectivity index (χ0n) is 18.9. The molecule has 1 atom stereocenters.